The van der Waals surface area contributed by atoms with Crippen LogP contribution < -0.4 is 4.74 Å². The van der Waals surface area contributed by atoms with Gasteiger partial charge in [0.1, 0.15) is 12.4 Å². The van der Waals surface area contributed by atoms with Crippen molar-refractivity contribution in [3.63, 3.8) is 0 Å². The summed E-state index contributed by atoms with van der Waals surface area (Å²) in [4.78, 5) is 16.5. The summed E-state index contributed by atoms with van der Waals surface area (Å²) in [5.41, 5.74) is 2.99. The molecule has 0 fully saturated rings. The molecule has 4 nitrogen and oxygen atoms in total. The summed E-state index contributed by atoms with van der Waals surface area (Å²) < 4.78 is 13.3. The maximum absolute atomic E-state index is 12.1. The number of hydrogen-bond donors (Lipinski definition) is 0. The number of ether oxygens (including phenoxy) is 2. The van der Waals surface area contributed by atoms with Crippen LogP contribution in [0.25, 0.3) is 6.08 Å². The quantitative estimate of drug-likeness (QED) is 0.219. The summed E-state index contributed by atoms with van der Waals surface area (Å²) in [5, 5.41) is 0. The van der Waals surface area contributed by atoms with Crippen LogP contribution in [0.15, 0.2) is 88.0 Å². The van der Waals surface area contributed by atoms with Gasteiger partial charge in [0.2, 0.25) is 5.90 Å². The van der Waals surface area contributed by atoms with Gasteiger partial charge in [0, 0.05) is 13.6 Å². The molecule has 0 unspecified atom stereocenters. The molecule has 1 aliphatic rings. The summed E-state index contributed by atoms with van der Waals surface area (Å²) in [6.07, 6.45) is 1.71. The van der Waals surface area contributed by atoms with E-state index in [1.54, 1.807) is 6.08 Å². The summed E-state index contributed by atoms with van der Waals surface area (Å²) in [7, 11) is 0. The maximum Gasteiger partial charge on any atom is 0.363 e. The van der Waals surface area contributed by atoms with E-state index in [4.69, 9.17) is 9.47 Å². The Labute approximate surface area is 190 Å². The van der Waals surface area contributed by atoms with Gasteiger partial charge in [-0.25, -0.2) is 9.79 Å². The summed E-state index contributed by atoms with van der Waals surface area (Å²) in [6.45, 7) is 0.504. The molecule has 0 spiro atoms. The molecule has 0 N–H and O–H groups in total. The molecule has 1 heterocycles. The lowest BCUT2D eigenvalue weighted by Gasteiger charge is -2.06. The van der Waals surface area contributed by atoms with Gasteiger partial charge in [-0.05, 0) is 88.3 Å². The Balaban J connectivity index is 1.44. The van der Waals surface area contributed by atoms with Crippen molar-refractivity contribution in [1.82, 2.24) is 0 Å². The fourth-order valence-corrected chi connectivity index (χ4v) is 3.31. The lowest BCUT2D eigenvalue weighted by molar-refractivity contribution is -0.129. The molecule has 0 aliphatic carbocycles. The fourth-order valence-electron chi connectivity index (χ4n) is 2.69. The molecule has 0 atom stereocenters. The number of rotatable bonds is 5. The predicted octanol–water partition coefficient (Wildman–Crippen LogP) is 5.98. The minimum atomic E-state index is -0.457. The smallest absolute Gasteiger partial charge is 0.363 e. The molecule has 3 aromatic rings. The Hall–Kier alpha value is -2.45. The van der Waals surface area contributed by atoms with Crippen LogP contribution in [0.2, 0.25) is 0 Å². The first kappa shape index (κ1) is 19.8. The molecule has 29 heavy (non-hydrogen) atoms. The Morgan fingerprint density at radius 3 is 2.34 bits per heavy atom. The number of hydrogen-bond acceptors (Lipinski definition) is 4. The van der Waals surface area contributed by atoms with Crippen molar-refractivity contribution < 1.29 is 14.3 Å². The molecule has 3 aromatic carbocycles. The van der Waals surface area contributed by atoms with Crippen molar-refractivity contribution >= 4 is 56.5 Å². The Bertz CT molecular complexity index is 1090. The van der Waals surface area contributed by atoms with Gasteiger partial charge in [-0.3, -0.25) is 0 Å². The Morgan fingerprint density at radius 1 is 0.966 bits per heavy atom. The Kier molecular flexibility index (Phi) is 6.10. The maximum atomic E-state index is 12.1. The summed E-state index contributed by atoms with van der Waals surface area (Å²) in [6, 6.07) is 23.2. The normalized spacial score (nSPS) is 14.6. The van der Waals surface area contributed by atoms with Crippen molar-refractivity contribution in [2.75, 3.05) is 0 Å². The zero-order valence-corrected chi connectivity index (χ0v) is 18.9. The number of halogens is 2. The molecule has 0 radical (unpaired) electrons. The van der Waals surface area contributed by atoms with Crippen LogP contribution >= 0.6 is 38.5 Å². The fraction of sp³-hybridized carbons (Fsp3) is 0.0435. The van der Waals surface area contributed by atoms with Crippen molar-refractivity contribution in [3.8, 4) is 5.75 Å². The van der Waals surface area contributed by atoms with Crippen LogP contribution in [0, 0.1) is 3.57 Å². The van der Waals surface area contributed by atoms with Crippen molar-refractivity contribution in [1.29, 1.82) is 0 Å². The average molecular weight is 560 g/mol. The number of nitrogens with zero attached hydrogens (tertiary/aromatic N) is 1. The monoisotopic (exact) mass is 559 g/mol. The minimum absolute atomic E-state index is 0.274. The number of benzene rings is 3. The van der Waals surface area contributed by atoms with Crippen LogP contribution in [0.4, 0.5) is 0 Å². The third kappa shape index (κ3) is 5.13. The van der Waals surface area contributed by atoms with E-state index < -0.39 is 5.97 Å². The van der Waals surface area contributed by atoms with Crippen LogP contribution in [0.1, 0.15) is 16.7 Å². The molecule has 0 amide bonds. The van der Waals surface area contributed by atoms with E-state index in [2.05, 4.69) is 55.6 Å². The zero-order valence-electron chi connectivity index (χ0n) is 15.1. The molecule has 1 aliphatic heterocycles. The largest absolute Gasteiger partial charge is 0.489 e. The first-order valence-corrected chi connectivity index (χ1v) is 10.7. The molecule has 0 saturated heterocycles. The summed E-state index contributed by atoms with van der Waals surface area (Å²) in [5.74, 6) is 0.618. The van der Waals surface area contributed by atoms with Crippen LogP contribution in [-0.4, -0.2) is 11.9 Å². The third-order valence-corrected chi connectivity index (χ3v) is 5.46. The molecule has 0 aromatic heterocycles. The highest BCUT2D eigenvalue weighted by atomic mass is 127. The average Bonchev–Trinajstić information content (AvgIpc) is 3.09. The molecule has 4 rings (SSSR count). The van der Waals surface area contributed by atoms with Gasteiger partial charge in [-0.1, -0.05) is 40.2 Å². The lowest BCUT2D eigenvalue weighted by Crippen LogP contribution is -2.05. The van der Waals surface area contributed by atoms with Crippen molar-refractivity contribution in [3.05, 3.63) is 103 Å². The number of esters is 1. The third-order valence-electron chi connectivity index (χ3n) is 4.21. The van der Waals surface area contributed by atoms with E-state index in [1.165, 1.54) is 3.57 Å². The van der Waals surface area contributed by atoms with E-state index in [9.17, 15) is 4.79 Å². The zero-order chi connectivity index (χ0) is 20.2. The molecular weight excluding hydrogens is 545 g/mol. The van der Waals surface area contributed by atoms with Gasteiger partial charge < -0.3 is 9.47 Å². The highest BCUT2D eigenvalue weighted by molar-refractivity contribution is 14.1. The second-order valence-electron chi connectivity index (χ2n) is 6.33. The van der Waals surface area contributed by atoms with E-state index >= 15 is 0 Å². The second-order valence-corrected chi connectivity index (χ2v) is 8.49. The van der Waals surface area contributed by atoms with Crippen LogP contribution in [0.5, 0.6) is 5.75 Å². The summed E-state index contributed by atoms with van der Waals surface area (Å²) >= 11 is 5.66. The first-order valence-electron chi connectivity index (χ1n) is 8.83. The number of carbonyl (C=O) groups is 1. The molecule has 6 heteroatoms. The topological polar surface area (TPSA) is 47.9 Å². The number of aliphatic imine (C=N–C) groups is 1. The second kappa shape index (κ2) is 8.92. The SMILES string of the molecule is O=C1OC(c2ccc(Br)cc2)=N/C1=C\c1ccc(OCc2ccc(I)cc2)cc1. The highest BCUT2D eigenvalue weighted by Crippen LogP contribution is 2.22. The van der Waals surface area contributed by atoms with Gasteiger partial charge in [0.05, 0.1) is 0 Å². The van der Waals surface area contributed by atoms with Crippen molar-refractivity contribution in [2.45, 2.75) is 6.61 Å². The molecular formula is C23H15BrINO3. The molecule has 0 bridgehead atoms. The van der Waals surface area contributed by atoms with Gasteiger partial charge in [-0.2, -0.15) is 0 Å². The van der Waals surface area contributed by atoms with E-state index in [0.29, 0.717) is 12.5 Å². The molecule has 144 valence electrons. The lowest BCUT2D eigenvalue weighted by atomic mass is 10.2. The van der Waals surface area contributed by atoms with Gasteiger partial charge >= 0.3 is 5.97 Å². The van der Waals surface area contributed by atoms with Gasteiger partial charge in [0.25, 0.3) is 0 Å². The van der Waals surface area contributed by atoms with Gasteiger partial charge in [0.15, 0.2) is 5.70 Å². The molecule has 0 saturated carbocycles. The van der Waals surface area contributed by atoms with Crippen LogP contribution in [-0.2, 0) is 16.1 Å². The van der Waals surface area contributed by atoms with E-state index in [1.807, 2.05) is 60.7 Å². The Morgan fingerprint density at radius 2 is 1.66 bits per heavy atom. The standard InChI is InChI=1S/C23H15BrINO3/c24-18-7-5-17(6-8-18)22-26-21(23(27)29-22)13-15-3-11-20(12-4-15)28-14-16-1-9-19(25)10-2-16/h1-13H,14H2/b21-13-. The number of carbonyl (C=O) groups excluding carboxylic acids is 1. The predicted molar refractivity (Wildman–Crippen MR) is 125 cm³/mol. The number of cyclic esters (lactones) is 1. The van der Waals surface area contributed by atoms with Crippen LogP contribution in [0.3, 0.4) is 0 Å². The first-order chi connectivity index (χ1) is 14.1. The van der Waals surface area contributed by atoms with E-state index in [0.717, 1.165) is 26.9 Å². The highest BCUT2D eigenvalue weighted by Gasteiger charge is 2.24. The van der Waals surface area contributed by atoms with Gasteiger partial charge in [-0.15, -0.1) is 0 Å². The van der Waals surface area contributed by atoms with Crippen molar-refractivity contribution in [2.24, 2.45) is 4.99 Å². The van der Waals surface area contributed by atoms with E-state index in [-0.39, 0.29) is 5.70 Å². The minimum Gasteiger partial charge on any atom is -0.489 e.